The number of hydrogen-bond acceptors (Lipinski definition) is 3. The molecule has 0 spiro atoms. The highest BCUT2D eigenvalue weighted by atomic mass is 16.5. The minimum absolute atomic E-state index is 0.00182. The van der Waals surface area contributed by atoms with Crippen molar-refractivity contribution < 1.29 is 9.53 Å². The zero-order valence-electron chi connectivity index (χ0n) is 12.2. The Labute approximate surface area is 119 Å². The van der Waals surface area contributed by atoms with Gasteiger partial charge in [0.1, 0.15) is 0 Å². The van der Waals surface area contributed by atoms with Gasteiger partial charge in [0, 0.05) is 11.8 Å². The van der Waals surface area contributed by atoms with E-state index in [4.69, 9.17) is 4.74 Å². The van der Waals surface area contributed by atoms with Crippen molar-refractivity contribution in [2.45, 2.75) is 64.1 Å². The number of aromatic nitrogens is 2. The number of aromatic amines is 1. The van der Waals surface area contributed by atoms with E-state index < -0.39 is 0 Å². The number of ether oxygens (including phenoxy) is 1. The Morgan fingerprint density at radius 1 is 1.60 bits per heavy atom. The number of hydrogen-bond donors (Lipinski definition) is 2. The van der Waals surface area contributed by atoms with Gasteiger partial charge in [-0.05, 0) is 31.6 Å². The van der Waals surface area contributed by atoms with Gasteiger partial charge in [-0.3, -0.25) is 9.89 Å². The van der Waals surface area contributed by atoms with E-state index in [-0.39, 0.29) is 17.9 Å². The topological polar surface area (TPSA) is 67.0 Å². The van der Waals surface area contributed by atoms with Gasteiger partial charge in [-0.25, -0.2) is 0 Å². The summed E-state index contributed by atoms with van der Waals surface area (Å²) in [6.45, 7) is 4.34. The molecule has 2 saturated heterocycles. The van der Waals surface area contributed by atoms with Crippen molar-refractivity contribution in [2.24, 2.45) is 5.92 Å². The van der Waals surface area contributed by atoms with E-state index in [2.05, 4.69) is 29.4 Å². The average molecular weight is 277 g/mol. The number of rotatable bonds is 5. The molecule has 2 fully saturated rings. The second-order valence-electron chi connectivity index (χ2n) is 6.10. The molecule has 3 rings (SSSR count). The Kier molecular flexibility index (Phi) is 3.78. The molecule has 0 aliphatic carbocycles. The van der Waals surface area contributed by atoms with Crippen molar-refractivity contribution in [3.63, 3.8) is 0 Å². The third-order valence-corrected chi connectivity index (χ3v) is 4.54. The summed E-state index contributed by atoms with van der Waals surface area (Å²) in [5.74, 6) is 1.14. The zero-order valence-corrected chi connectivity index (χ0v) is 12.2. The second kappa shape index (κ2) is 5.56. The van der Waals surface area contributed by atoms with Gasteiger partial charge >= 0.3 is 0 Å². The minimum Gasteiger partial charge on any atom is -0.374 e. The van der Waals surface area contributed by atoms with E-state index in [1.807, 2.05) is 6.07 Å². The molecule has 1 aromatic rings. The molecule has 4 atom stereocenters. The highest BCUT2D eigenvalue weighted by molar-refractivity contribution is 5.92. The Bertz CT molecular complexity index is 485. The lowest BCUT2D eigenvalue weighted by molar-refractivity contribution is -0.121. The first-order valence-corrected chi connectivity index (χ1v) is 7.69. The highest BCUT2D eigenvalue weighted by Gasteiger charge is 2.44. The van der Waals surface area contributed by atoms with Crippen molar-refractivity contribution in [3.8, 4) is 0 Å². The van der Waals surface area contributed by atoms with Gasteiger partial charge in [0.05, 0.1) is 18.1 Å². The van der Waals surface area contributed by atoms with Crippen LogP contribution in [0.5, 0.6) is 0 Å². The van der Waals surface area contributed by atoms with E-state index >= 15 is 0 Å². The molecule has 2 aliphatic rings. The van der Waals surface area contributed by atoms with E-state index in [9.17, 15) is 4.79 Å². The molecule has 4 unspecified atom stereocenters. The number of carbonyl (C=O) groups excluding carboxylic acids is 1. The summed E-state index contributed by atoms with van der Waals surface area (Å²) in [5, 5.41) is 10.1. The van der Waals surface area contributed by atoms with Crippen LogP contribution in [0.3, 0.4) is 0 Å². The van der Waals surface area contributed by atoms with Crippen molar-refractivity contribution in [2.75, 3.05) is 5.32 Å². The van der Waals surface area contributed by atoms with Gasteiger partial charge in [0.25, 0.3) is 0 Å². The SMILES string of the molecule is CCCC(C)c1cc(NC(=O)C2CC3CCC2O3)n[nH]1. The molecule has 20 heavy (non-hydrogen) atoms. The van der Waals surface area contributed by atoms with Gasteiger partial charge in [-0.1, -0.05) is 20.3 Å². The van der Waals surface area contributed by atoms with Crippen LogP contribution in [0.1, 0.15) is 57.6 Å². The molecule has 2 N–H and O–H groups in total. The Hall–Kier alpha value is -1.36. The molecule has 0 radical (unpaired) electrons. The highest BCUT2D eigenvalue weighted by Crippen LogP contribution is 2.39. The molecule has 0 saturated carbocycles. The molecule has 5 heteroatoms. The van der Waals surface area contributed by atoms with Crippen LogP contribution in [-0.4, -0.2) is 28.3 Å². The largest absolute Gasteiger partial charge is 0.374 e. The summed E-state index contributed by atoms with van der Waals surface area (Å²) >= 11 is 0. The number of carbonyl (C=O) groups is 1. The fraction of sp³-hybridized carbons (Fsp3) is 0.733. The van der Waals surface area contributed by atoms with E-state index in [1.54, 1.807) is 0 Å². The van der Waals surface area contributed by atoms with Crippen molar-refractivity contribution in [1.29, 1.82) is 0 Å². The molecule has 2 bridgehead atoms. The van der Waals surface area contributed by atoms with Gasteiger partial charge in [0.2, 0.25) is 5.91 Å². The van der Waals surface area contributed by atoms with Crippen LogP contribution in [0.25, 0.3) is 0 Å². The maximum atomic E-state index is 12.3. The fourth-order valence-corrected chi connectivity index (χ4v) is 3.37. The summed E-state index contributed by atoms with van der Waals surface area (Å²) in [6, 6.07) is 1.95. The predicted octanol–water partition coefficient (Wildman–Crippen LogP) is 2.82. The van der Waals surface area contributed by atoms with Crippen LogP contribution in [0.4, 0.5) is 5.82 Å². The van der Waals surface area contributed by atoms with E-state index in [1.165, 1.54) is 0 Å². The van der Waals surface area contributed by atoms with Crippen molar-refractivity contribution >= 4 is 11.7 Å². The number of H-pyrrole nitrogens is 1. The van der Waals surface area contributed by atoms with Crippen LogP contribution in [-0.2, 0) is 9.53 Å². The second-order valence-corrected chi connectivity index (χ2v) is 6.10. The number of amides is 1. The first kappa shape index (κ1) is 13.6. The predicted molar refractivity (Wildman–Crippen MR) is 76.5 cm³/mol. The molecule has 0 aromatic carbocycles. The molecule has 3 heterocycles. The first-order chi connectivity index (χ1) is 9.67. The van der Waals surface area contributed by atoms with E-state index in [0.29, 0.717) is 17.8 Å². The standard InChI is InChI=1S/C15H23N3O2/c1-3-4-9(2)12-8-14(18-17-12)16-15(19)11-7-10-5-6-13(11)20-10/h8-11,13H,3-7H2,1-2H3,(H2,16,17,18,19). The molecule has 1 amide bonds. The lowest BCUT2D eigenvalue weighted by atomic mass is 9.88. The maximum Gasteiger partial charge on any atom is 0.231 e. The van der Waals surface area contributed by atoms with Gasteiger partial charge in [-0.2, -0.15) is 5.10 Å². The number of fused-ring (bicyclic) bond motifs is 2. The van der Waals surface area contributed by atoms with Crippen LogP contribution >= 0.6 is 0 Å². The smallest absolute Gasteiger partial charge is 0.231 e. The lowest BCUT2D eigenvalue weighted by Crippen LogP contribution is -2.30. The Balaban J connectivity index is 1.59. The third kappa shape index (κ3) is 2.59. The summed E-state index contributed by atoms with van der Waals surface area (Å²) in [6.07, 6.45) is 5.67. The summed E-state index contributed by atoms with van der Waals surface area (Å²) in [4.78, 5) is 12.3. The average Bonchev–Trinajstić information content (AvgIpc) is 3.14. The third-order valence-electron chi connectivity index (χ3n) is 4.54. The lowest BCUT2D eigenvalue weighted by Gasteiger charge is -2.16. The normalized spacial score (nSPS) is 29.6. The van der Waals surface area contributed by atoms with Crippen LogP contribution < -0.4 is 5.32 Å². The summed E-state index contributed by atoms with van der Waals surface area (Å²) in [7, 11) is 0. The fourth-order valence-electron chi connectivity index (χ4n) is 3.37. The molecule has 1 aromatic heterocycles. The minimum atomic E-state index is 0.00182. The van der Waals surface area contributed by atoms with E-state index in [0.717, 1.165) is 37.8 Å². The number of nitrogens with zero attached hydrogens (tertiary/aromatic N) is 1. The number of anilines is 1. The Morgan fingerprint density at radius 3 is 3.10 bits per heavy atom. The van der Waals surface area contributed by atoms with Gasteiger partial charge < -0.3 is 10.1 Å². The van der Waals surface area contributed by atoms with Gasteiger partial charge in [-0.15, -0.1) is 0 Å². The van der Waals surface area contributed by atoms with Crippen LogP contribution in [0, 0.1) is 5.92 Å². The quantitative estimate of drug-likeness (QED) is 0.869. The number of nitrogens with one attached hydrogen (secondary N) is 2. The monoisotopic (exact) mass is 277 g/mol. The van der Waals surface area contributed by atoms with Crippen molar-refractivity contribution in [1.82, 2.24) is 10.2 Å². The Morgan fingerprint density at radius 2 is 2.45 bits per heavy atom. The van der Waals surface area contributed by atoms with Gasteiger partial charge in [0.15, 0.2) is 5.82 Å². The molecular weight excluding hydrogens is 254 g/mol. The summed E-state index contributed by atoms with van der Waals surface area (Å²) < 4.78 is 5.73. The molecular formula is C15H23N3O2. The first-order valence-electron chi connectivity index (χ1n) is 7.69. The molecule has 2 aliphatic heterocycles. The van der Waals surface area contributed by atoms with Crippen molar-refractivity contribution in [3.05, 3.63) is 11.8 Å². The van der Waals surface area contributed by atoms with Crippen LogP contribution in [0.2, 0.25) is 0 Å². The van der Waals surface area contributed by atoms with Crippen LogP contribution in [0.15, 0.2) is 6.07 Å². The maximum absolute atomic E-state index is 12.3. The molecule has 5 nitrogen and oxygen atoms in total. The summed E-state index contributed by atoms with van der Waals surface area (Å²) in [5.41, 5.74) is 1.09. The zero-order chi connectivity index (χ0) is 14.1. The molecule has 110 valence electrons.